The molecule has 1 saturated heterocycles. The number of carboxylic acid groups (broad SMARTS) is 1. The lowest BCUT2D eigenvalue weighted by atomic mass is 9.74. The summed E-state index contributed by atoms with van der Waals surface area (Å²) in [5.41, 5.74) is -0.497. The van der Waals surface area contributed by atoms with Crippen LogP contribution in [-0.2, 0) is 11.2 Å². The summed E-state index contributed by atoms with van der Waals surface area (Å²) in [6.45, 7) is 1.29. The second kappa shape index (κ2) is 5.24. The van der Waals surface area contributed by atoms with E-state index >= 15 is 0 Å². The Hall–Kier alpha value is -1.13. The first kappa shape index (κ1) is 13.3. The van der Waals surface area contributed by atoms with Gasteiger partial charge in [-0.25, -0.2) is 4.39 Å². The van der Waals surface area contributed by atoms with Crippen molar-refractivity contribution in [1.82, 2.24) is 5.32 Å². The van der Waals surface area contributed by atoms with Crippen molar-refractivity contribution in [3.05, 3.63) is 34.6 Å². The maximum atomic E-state index is 13.8. The second-order valence-corrected chi connectivity index (χ2v) is 5.13. The summed E-state index contributed by atoms with van der Waals surface area (Å²) in [6.07, 6.45) is 1.21. The van der Waals surface area contributed by atoms with Crippen molar-refractivity contribution in [2.45, 2.75) is 19.3 Å². The predicted molar refractivity (Wildman–Crippen MR) is 67.3 cm³/mol. The van der Waals surface area contributed by atoms with Crippen LogP contribution in [0.1, 0.15) is 18.4 Å². The lowest BCUT2D eigenvalue weighted by molar-refractivity contribution is -0.150. The van der Waals surface area contributed by atoms with Gasteiger partial charge in [-0.15, -0.1) is 0 Å². The highest BCUT2D eigenvalue weighted by molar-refractivity contribution is 6.30. The Bertz CT molecular complexity index is 458. The molecule has 0 bridgehead atoms. The largest absolute Gasteiger partial charge is 0.481 e. The van der Waals surface area contributed by atoms with Crippen LogP contribution in [0.3, 0.4) is 0 Å². The summed E-state index contributed by atoms with van der Waals surface area (Å²) in [5, 5.41) is 12.6. The zero-order valence-corrected chi connectivity index (χ0v) is 10.6. The Labute approximate surface area is 110 Å². The van der Waals surface area contributed by atoms with Crippen LogP contribution in [0.2, 0.25) is 5.02 Å². The smallest absolute Gasteiger partial charge is 0.310 e. The minimum absolute atomic E-state index is 0.0435. The molecule has 1 heterocycles. The van der Waals surface area contributed by atoms with Crippen LogP contribution in [0, 0.1) is 11.2 Å². The number of benzene rings is 1. The molecule has 0 atom stereocenters. The summed E-state index contributed by atoms with van der Waals surface area (Å²) in [4.78, 5) is 11.5. The van der Waals surface area contributed by atoms with Gasteiger partial charge in [0, 0.05) is 0 Å². The Morgan fingerprint density at radius 1 is 1.44 bits per heavy atom. The molecule has 0 saturated carbocycles. The first-order valence-electron chi connectivity index (χ1n) is 5.92. The fourth-order valence-electron chi connectivity index (χ4n) is 2.42. The second-order valence-electron chi connectivity index (χ2n) is 4.73. The minimum Gasteiger partial charge on any atom is -0.481 e. The van der Waals surface area contributed by atoms with Crippen molar-refractivity contribution >= 4 is 17.6 Å². The number of piperidine rings is 1. The highest BCUT2D eigenvalue weighted by Gasteiger charge is 2.40. The zero-order valence-electron chi connectivity index (χ0n) is 9.88. The topological polar surface area (TPSA) is 49.3 Å². The van der Waals surface area contributed by atoms with Crippen LogP contribution in [0.25, 0.3) is 0 Å². The molecule has 0 unspecified atom stereocenters. The van der Waals surface area contributed by atoms with Gasteiger partial charge in [0.1, 0.15) is 5.82 Å². The quantitative estimate of drug-likeness (QED) is 0.888. The molecule has 2 rings (SSSR count). The molecule has 0 aliphatic carbocycles. The molecule has 2 N–H and O–H groups in total. The van der Waals surface area contributed by atoms with E-state index in [1.54, 1.807) is 12.1 Å². The Morgan fingerprint density at radius 2 is 2.11 bits per heavy atom. The highest BCUT2D eigenvalue weighted by Crippen LogP contribution is 2.35. The van der Waals surface area contributed by atoms with E-state index in [2.05, 4.69) is 5.32 Å². The standard InChI is InChI=1S/C13H15ClFNO2/c14-10-3-1-2-9(11(10)15)8-13(12(17)18)4-6-16-7-5-13/h1-3,16H,4-8H2,(H,17,18). The molecule has 0 aromatic heterocycles. The van der Waals surface area contributed by atoms with Gasteiger partial charge in [-0.05, 0) is 44.0 Å². The van der Waals surface area contributed by atoms with Crippen molar-refractivity contribution in [2.75, 3.05) is 13.1 Å². The number of halogens is 2. The van der Waals surface area contributed by atoms with Crippen LogP contribution in [0.4, 0.5) is 4.39 Å². The fourth-order valence-corrected chi connectivity index (χ4v) is 2.62. The fraction of sp³-hybridized carbons (Fsp3) is 0.462. The molecule has 1 aromatic carbocycles. The van der Waals surface area contributed by atoms with Gasteiger partial charge in [-0.1, -0.05) is 23.7 Å². The molecule has 0 radical (unpaired) electrons. The van der Waals surface area contributed by atoms with Crippen molar-refractivity contribution in [1.29, 1.82) is 0 Å². The monoisotopic (exact) mass is 271 g/mol. The third-order valence-electron chi connectivity index (χ3n) is 3.57. The molecule has 1 aliphatic rings. The van der Waals surface area contributed by atoms with Crippen molar-refractivity contribution in [3.8, 4) is 0 Å². The van der Waals surface area contributed by atoms with E-state index in [1.807, 2.05) is 0 Å². The van der Waals surface area contributed by atoms with Gasteiger partial charge in [-0.3, -0.25) is 4.79 Å². The van der Waals surface area contributed by atoms with E-state index in [-0.39, 0.29) is 11.4 Å². The first-order valence-corrected chi connectivity index (χ1v) is 6.30. The van der Waals surface area contributed by atoms with Crippen LogP contribution < -0.4 is 5.32 Å². The van der Waals surface area contributed by atoms with Gasteiger partial charge in [0.15, 0.2) is 0 Å². The normalized spacial score (nSPS) is 18.6. The van der Waals surface area contributed by atoms with Crippen LogP contribution in [0.5, 0.6) is 0 Å². The molecule has 3 nitrogen and oxygen atoms in total. The zero-order chi connectivity index (χ0) is 13.2. The molecule has 0 amide bonds. The van der Waals surface area contributed by atoms with E-state index < -0.39 is 17.2 Å². The van der Waals surface area contributed by atoms with Gasteiger partial charge in [0.25, 0.3) is 0 Å². The average Bonchev–Trinajstić information content (AvgIpc) is 2.36. The lowest BCUT2D eigenvalue weighted by Crippen LogP contribution is -2.43. The molecular formula is C13H15ClFNO2. The molecular weight excluding hydrogens is 257 g/mol. The lowest BCUT2D eigenvalue weighted by Gasteiger charge is -2.33. The Balaban J connectivity index is 2.29. The summed E-state index contributed by atoms with van der Waals surface area (Å²) < 4.78 is 13.8. The molecule has 98 valence electrons. The third-order valence-corrected chi connectivity index (χ3v) is 3.87. The predicted octanol–water partition coefficient (Wildman–Crippen LogP) is 2.48. The van der Waals surface area contributed by atoms with Crippen LogP contribution in [0.15, 0.2) is 18.2 Å². The number of nitrogens with one attached hydrogen (secondary N) is 1. The van der Waals surface area contributed by atoms with E-state index in [0.29, 0.717) is 31.5 Å². The molecule has 18 heavy (non-hydrogen) atoms. The van der Waals surface area contributed by atoms with Gasteiger partial charge in [0.05, 0.1) is 10.4 Å². The molecule has 1 aromatic rings. The van der Waals surface area contributed by atoms with Crippen molar-refractivity contribution < 1.29 is 14.3 Å². The summed E-state index contributed by atoms with van der Waals surface area (Å²) >= 11 is 5.72. The number of hydrogen-bond acceptors (Lipinski definition) is 2. The Kier molecular flexibility index (Phi) is 3.88. The van der Waals surface area contributed by atoms with E-state index in [4.69, 9.17) is 11.6 Å². The SMILES string of the molecule is O=C(O)C1(Cc2cccc(Cl)c2F)CCNCC1. The first-order chi connectivity index (χ1) is 8.55. The summed E-state index contributed by atoms with van der Waals surface area (Å²) in [5.74, 6) is -1.36. The van der Waals surface area contributed by atoms with Gasteiger partial charge in [0.2, 0.25) is 0 Å². The highest BCUT2D eigenvalue weighted by atomic mass is 35.5. The van der Waals surface area contributed by atoms with E-state index in [9.17, 15) is 14.3 Å². The number of carbonyl (C=O) groups is 1. The third kappa shape index (κ3) is 2.49. The number of hydrogen-bond donors (Lipinski definition) is 2. The van der Waals surface area contributed by atoms with E-state index in [1.165, 1.54) is 6.07 Å². The van der Waals surface area contributed by atoms with Crippen LogP contribution in [-0.4, -0.2) is 24.2 Å². The van der Waals surface area contributed by atoms with Crippen LogP contribution >= 0.6 is 11.6 Å². The van der Waals surface area contributed by atoms with E-state index in [0.717, 1.165) is 0 Å². The number of rotatable bonds is 3. The van der Waals surface area contributed by atoms with Gasteiger partial charge >= 0.3 is 5.97 Å². The average molecular weight is 272 g/mol. The van der Waals surface area contributed by atoms with Crippen molar-refractivity contribution in [3.63, 3.8) is 0 Å². The number of carboxylic acids is 1. The molecule has 1 aliphatic heterocycles. The maximum absolute atomic E-state index is 13.8. The minimum atomic E-state index is -0.878. The van der Waals surface area contributed by atoms with Gasteiger partial charge in [-0.2, -0.15) is 0 Å². The molecule has 5 heteroatoms. The Morgan fingerprint density at radius 3 is 2.72 bits per heavy atom. The maximum Gasteiger partial charge on any atom is 0.310 e. The van der Waals surface area contributed by atoms with Crippen molar-refractivity contribution in [2.24, 2.45) is 5.41 Å². The molecule has 0 spiro atoms. The summed E-state index contributed by atoms with van der Waals surface area (Å²) in [7, 11) is 0. The summed E-state index contributed by atoms with van der Waals surface area (Å²) in [6, 6.07) is 4.72. The van der Waals surface area contributed by atoms with Gasteiger partial charge < -0.3 is 10.4 Å². The molecule has 1 fully saturated rings. The number of aliphatic carboxylic acids is 1.